The minimum Gasteiger partial charge on any atom is -0.486 e. The number of ether oxygens (including phenoxy) is 2. The predicted molar refractivity (Wildman–Crippen MR) is 77.9 cm³/mol. The van der Waals surface area contributed by atoms with Gasteiger partial charge in [-0.05, 0) is 36.6 Å². The second-order valence-electron chi connectivity index (χ2n) is 5.20. The van der Waals surface area contributed by atoms with E-state index in [1.807, 2.05) is 6.07 Å². The summed E-state index contributed by atoms with van der Waals surface area (Å²) in [6, 6.07) is 6.72. The van der Waals surface area contributed by atoms with E-state index >= 15 is 0 Å². The Morgan fingerprint density at radius 3 is 2.58 bits per heavy atom. The third-order valence-electron chi connectivity index (χ3n) is 3.66. The van der Waals surface area contributed by atoms with Crippen molar-refractivity contribution in [3.05, 3.63) is 23.8 Å². The monoisotopic (exact) mass is 263 g/mol. The highest BCUT2D eigenvalue weighted by atomic mass is 16.6. The Hall–Kier alpha value is -1.22. The van der Waals surface area contributed by atoms with Crippen LogP contribution in [-0.2, 0) is 0 Å². The molecule has 2 atom stereocenters. The SMILES string of the molecule is CCCC(C)C(NCC)c1ccc2c(c1)OCCO2. The zero-order valence-electron chi connectivity index (χ0n) is 12.2. The molecule has 1 N–H and O–H groups in total. The highest BCUT2D eigenvalue weighted by Gasteiger charge is 2.20. The zero-order valence-corrected chi connectivity index (χ0v) is 12.2. The molecule has 1 aliphatic heterocycles. The van der Waals surface area contributed by atoms with E-state index in [4.69, 9.17) is 9.47 Å². The van der Waals surface area contributed by atoms with Gasteiger partial charge in [0.25, 0.3) is 0 Å². The first-order valence-electron chi connectivity index (χ1n) is 7.39. The lowest BCUT2D eigenvalue weighted by Crippen LogP contribution is -2.27. The number of rotatable bonds is 6. The summed E-state index contributed by atoms with van der Waals surface area (Å²) in [6.45, 7) is 8.98. The predicted octanol–water partition coefficient (Wildman–Crippen LogP) is 3.54. The van der Waals surface area contributed by atoms with Crippen molar-refractivity contribution in [3.8, 4) is 11.5 Å². The average molecular weight is 263 g/mol. The molecule has 3 heteroatoms. The van der Waals surface area contributed by atoms with E-state index in [-0.39, 0.29) is 0 Å². The van der Waals surface area contributed by atoms with E-state index < -0.39 is 0 Å². The van der Waals surface area contributed by atoms with Crippen molar-refractivity contribution in [2.24, 2.45) is 5.92 Å². The quantitative estimate of drug-likeness (QED) is 0.851. The third-order valence-corrected chi connectivity index (χ3v) is 3.66. The van der Waals surface area contributed by atoms with E-state index in [0.717, 1.165) is 18.0 Å². The molecule has 1 aromatic rings. The molecule has 0 bridgehead atoms. The van der Waals surface area contributed by atoms with Gasteiger partial charge in [-0.1, -0.05) is 33.3 Å². The van der Waals surface area contributed by atoms with Gasteiger partial charge in [0.15, 0.2) is 11.5 Å². The Morgan fingerprint density at radius 1 is 1.16 bits per heavy atom. The number of hydrogen-bond acceptors (Lipinski definition) is 3. The highest BCUT2D eigenvalue weighted by Crippen LogP contribution is 2.35. The third kappa shape index (κ3) is 3.41. The largest absolute Gasteiger partial charge is 0.486 e. The molecule has 3 nitrogen and oxygen atoms in total. The summed E-state index contributed by atoms with van der Waals surface area (Å²) in [4.78, 5) is 0. The van der Waals surface area contributed by atoms with Crippen LogP contribution in [0.4, 0.5) is 0 Å². The fourth-order valence-corrected chi connectivity index (χ4v) is 2.74. The minimum absolute atomic E-state index is 0.390. The van der Waals surface area contributed by atoms with E-state index in [2.05, 4.69) is 38.2 Å². The van der Waals surface area contributed by atoms with Crippen LogP contribution in [0, 0.1) is 5.92 Å². The lowest BCUT2D eigenvalue weighted by atomic mass is 9.90. The van der Waals surface area contributed by atoms with Gasteiger partial charge in [-0.3, -0.25) is 0 Å². The Morgan fingerprint density at radius 2 is 1.89 bits per heavy atom. The summed E-state index contributed by atoms with van der Waals surface area (Å²) < 4.78 is 11.3. The molecule has 1 heterocycles. The topological polar surface area (TPSA) is 30.5 Å². The molecule has 0 amide bonds. The van der Waals surface area contributed by atoms with Crippen LogP contribution in [0.2, 0.25) is 0 Å². The van der Waals surface area contributed by atoms with Gasteiger partial charge in [0.2, 0.25) is 0 Å². The van der Waals surface area contributed by atoms with E-state index in [1.54, 1.807) is 0 Å². The molecule has 0 saturated carbocycles. The molecule has 1 aromatic carbocycles. The van der Waals surface area contributed by atoms with Crippen LogP contribution >= 0.6 is 0 Å². The molecule has 0 saturated heterocycles. The molecule has 19 heavy (non-hydrogen) atoms. The number of fused-ring (bicyclic) bond motifs is 1. The van der Waals surface area contributed by atoms with Gasteiger partial charge < -0.3 is 14.8 Å². The lowest BCUT2D eigenvalue weighted by molar-refractivity contribution is 0.171. The molecule has 0 fully saturated rings. The van der Waals surface area contributed by atoms with Gasteiger partial charge in [0.05, 0.1) is 0 Å². The molecule has 0 aliphatic carbocycles. The van der Waals surface area contributed by atoms with Gasteiger partial charge >= 0.3 is 0 Å². The maximum atomic E-state index is 5.68. The lowest BCUT2D eigenvalue weighted by Gasteiger charge is -2.27. The first-order valence-corrected chi connectivity index (χ1v) is 7.39. The highest BCUT2D eigenvalue weighted by molar-refractivity contribution is 5.44. The van der Waals surface area contributed by atoms with Gasteiger partial charge in [-0.25, -0.2) is 0 Å². The zero-order chi connectivity index (χ0) is 13.7. The molecule has 1 aliphatic rings. The van der Waals surface area contributed by atoms with Crippen molar-refractivity contribution in [2.75, 3.05) is 19.8 Å². The fourth-order valence-electron chi connectivity index (χ4n) is 2.74. The van der Waals surface area contributed by atoms with Crippen LogP contribution in [0.25, 0.3) is 0 Å². The molecule has 2 rings (SSSR count). The molecule has 2 unspecified atom stereocenters. The fraction of sp³-hybridized carbons (Fsp3) is 0.625. The summed E-state index contributed by atoms with van der Waals surface area (Å²) in [5, 5.41) is 3.59. The Labute approximate surface area is 116 Å². The Bertz CT molecular complexity index is 406. The summed E-state index contributed by atoms with van der Waals surface area (Å²) in [7, 11) is 0. The molecule has 0 spiro atoms. The van der Waals surface area contributed by atoms with Crippen LogP contribution < -0.4 is 14.8 Å². The van der Waals surface area contributed by atoms with Crippen molar-refractivity contribution in [1.82, 2.24) is 5.32 Å². The van der Waals surface area contributed by atoms with E-state index in [0.29, 0.717) is 25.2 Å². The van der Waals surface area contributed by atoms with E-state index in [1.165, 1.54) is 18.4 Å². The maximum absolute atomic E-state index is 5.68. The van der Waals surface area contributed by atoms with Crippen molar-refractivity contribution in [2.45, 2.75) is 39.7 Å². The summed E-state index contributed by atoms with van der Waals surface area (Å²) in [6.07, 6.45) is 2.44. The second kappa shape index (κ2) is 6.80. The van der Waals surface area contributed by atoms with Gasteiger partial charge in [-0.15, -0.1) is 0 Å². The summed E-state index contributed by atoms with van der Waals surface area (Å²) in [5.74, 6) is 2.37. The number of benzene rings is 1. The van der Waals surface area contributed by atoms with Gasteiger partial charge in [-0.2, -0.15) is 0 Å². The van der Waals surface area contributed by atoms with E-state index in [9.17, 15) is 0 Å². The second-order valence-corrected chi connectivity index (χ2v) is 5.20. The van der Waals surface area contributed by atoms with Gasteiger partial charge in [0, 0.05) is 6.04 Å². The van der Waals surface area contributed by atoms with Crippen molar-refractivity contribution < 1.29 is 9.47 Å². The Balaban J connectivity index is 2.20. The first-order chi connectivity index (χ1) is 9.26. The summed E-state index contributed by atoms with van der Waals surface area (Å²) in [5.41, 5.74) is 1.30. The average Bonchev–Trinajstić information content (AvgIpc) is 2.44. The minimum atomic E-state index is 0.390. The summed E-state index contributed by atoms with van der Waals surface area (Å²) >= 11 is 0. The molecule has 0 aromatic heterocycles. The molecule has 0 radical (unpaired) electrons. The molecule has 106 valence electrons. The van der Waals surface area contributed by atoms with Crippen LogP contribution in [0.15, 0.2) is 18.2 Å². The number of hydrogen-bond donors (Lipinski definition) is 1. The van der Waals surface area contributed by atoms with Gasteiger partial charge in [0.1, 0.15) is 13.2 Å². The molecular weight excluding hydrogens is 238 g/mol. The van der Waals surface area contributed by atoms with Crippen LogP contribution in [0.1, 0.15) is 45.2 Å². The maximum Gasteiger partial charge on any atom is 0.161 e. The van der Waals surface area contributed by atoms with Crippen LogP contribution in [-0.4, -0.2) is 19.8 Å². The normalized spacial score (nSPS) is 17.0. The van der Waals surface area contributed by atoms with Crippen molar-refractivity contribution >= 4 is 0 Å². The van der Waals surface area contributed by atoms with Crippen LogP contribution in [0.5, 0.6) is 11.5 Å². The number of nitrogens with one attached hydrogen (secondary N) is 1. The smallest absolute Gasteiger partial charge is 0.161 e. The standard InChI is InChI=1S/C16H25NO2/c1-4-6-12(3)16(17-5-2)13-7-8-14-15(11-13)19-10-9-18-14/h7-8,11-12,16-17H,4-6,9-10H2,1-3H3. The first kappa shape index (κ1) is 14.2. The van der Waals surface area contributed by atoms with Crippen LogP contribution in [0.3, 0.4) is 0 Å². The van der Waals surface area contributed by atoms with Crippen molar-refractivity contribution in [3.63, 3.8) is 0 Å². The van der Waals surface area contributed by atoms with Crippen molar-refractivity contribution in [1.29, 1.82) is 0 Å². The molecular formula is C16H25NO2. The Kier molecular flexibility index (Phi) is 5.08.